The van der Waals surface area contributed by atoms with Crippen LogP contribution in [0, 0.1) is 0 Å². The van der Waals surface area contributed by atoms with Gasteiger partial charge in [-0.05, 0) is 54.8 Å². The van der Waals surface area contributed by atoms with Crippen molar-refractivity contribution in [2.24, 2.45) is 4.99 Å². The second-order valence-corrected chi connectivity index (χ2v) is 5.96. The van der Waals surface area contributed by atoms with Gasteiger partial charge in [-0.15, -0.1) is 0 Å². The first-order valence-corrected chi connectivity index (χ1v) is 7.60. The van der Waals surface area contributed by atoms with Crippen LogP contribution in [0.4, 0.5) is 0 Å². The van der Waals surface area contributed by atoms with Crippen molar-refractivity contribution in [3.63, 3.8) is 0 Å². The Bertz CT molecular complexity index is 572. The van der Waals surface area contributed by atoms with Crippen molar-refractivity contribution in [2.75, 3.05) is 13.1 Å². The summed E-state index contributed by atoms with van der Waals surface area (Å²) in [5.41, 5.74) is 0.897. The molecule has 2 aliphatic heterocycles. The van der Waals surface area contributed by atoms with Gasteiger partial charge in [0.2, 0.25) is 0 Å². The van der Waals surface area contributed by atoms with E-state index < -0.39 is 0 Å². The Morgan fingerprint density at radius 2 is 1.85 bits per heavy atom. The van der Waals surface area contributed by atoms with Gasteiger partial charge in [-0.25, -0.2) is 0 Å². The predicted molar refractivity (Wildman–Crippen MR) is 81.5 cm³/mol. The number of benzene rings is 1. The average molecular weight is 288 g/mol. The predicted octanol–water partition coefficient (Wildman–Crippen LogP) is 2.85. The van der Waals surface area contributed by atoms with E-state index in [1.165, 1.54) is 31.0 Å². The summed E-state index contributed by atoms with van der Waals surface area (Å²) in [6.45, 7) is 1.98. The van der Waals surface area contributed by atoms with E-state index in [4.69, 9.17) is 0 Å². The fourth-order valence-electron chi connectivity index (χ4n) is 2.34. The number of hydrogen-bond acceptors (Lipinski definition) is 4. The van der Waals surface area contributed by atoms with E-state index in [0.29, 0.717) is 4.91 Å². The molecular weight excluding hydrogens is 272 g/mol. The van der Waals surface area contributed by atoms with Crippen molar-refractivity contribution in [1.29, 1.82) is 0 Å². The first-order valence-electron chi connectivity index (χ1n) is 6.79. The van der Waals surface area contributed by atoms with Gasteiger partial charge in [-0.1, -0.05) is 12.1 Å². The van der Waals surface area contributed by atoms with Gasteiger partial charge in [-0.3, -0.25) is 4.79 Å². The van der Waals surface area contributed by atoms with Crippen molar-refractivity contribution in [1.82, 2.24) is 4.90 Å². The van der Waals surface area contributed by atoms with Crippen LogP contribution in [0.25, 0.3) is 6.08 Å². The standard InChI is InChI=1S/C15H16N2O2S/c18-12-6-4-11(5-7-12)10-13-14(19)16-15(20-13)17-8-2-1-3-9-17/h4-7,10,18H,1-3,8-9H2/b13-10-. The van der Waals surface area contributed by atoms with Gasteiger partial charge in [-0.2, -0.15) is 4.99 Å². The van der Waals surface area contributed by atoms with E-state index in [9.17, 15) is 9.90 Å². The van der Waals surface area contributed by atoms with Gasteiger partial charge in [0, 0.05) is 13.1 Å². The molecule has 0 bridgehead atoms. The van der Waals surface area contributed by atoms with Crippen LogP contribution in [0.1, 0.15) is 24.8 Å². The number of aromatic hydroxyl groups is 1. The molecule has 0 saturated carbocycles. The third-order valence-corrected chi connectivity index (χ3v) is 4.47. The molecule has 1 N–H and O–H groups in total. The molecule has 2 aliphatic rings. The van der Waals surface area contributed by atoms with Crippen LogP contribution < -0.4 is 0 Å². The number of nitrogens with zero attached hydrogens (tertiary/aromatic N) is 2. The summed E-state index contributed by atoms with van der Waals surface area (Å²) in [5, 5.41) is 10.1. The molecule has 20 heavy (non-hydrogen) atoms. The zero-order valence-corrected chi connectivity index (χ0v) is 11.9. The minimum atomic E-state index is -0.163. The molecule has 0 atom stereocenters. The highest BCUT2D eigenvalue weighted by Crippen LogP contribution is 2.31. The number of piperidine rings is 1. The molecule has 3 rings (SSSR count). The van der Waals surface area contributed by atoms with Crippen LogP contribution in [0.3, 0.4) is 0 Å². The van der Waals surface area contributed by atoms with Crippen LogP contribution in [0.2, 0.25) is 0 Å². The minimum Gasteiger partial charge on any atom is -0.508 e. The van der Waals surface area contributed by atoms with Crippen LogP contribution in [-0.2, 0) is 4.79 Å². The lowest BCUT2D eigenvalue weighted by atomic mass is 10.1. The normalized spacial score (nSPS) is 21.4. The molecule has 0 spiro atoms. The third kappa shape index (κ3) is 2.88. The Morgan fingerprint density at radius 3 is 2.55 bits per heavy atom. The number of amidine groups is 1. The summed E-state index contributed by atoms with van der Waals surface area (Å²) in [4.78, 5) is 18.9. The maximum Gasteiger partial charge on any atom is 0.286 e. The lowest BCUT2D eigenvalue weighted by Crippen LogP contribution is -2.33. The lowest BCUT2D eigenvalue weighted by molar-refractivity contribution is -0.113. The summed E-state index contributed by atoms with van der Waals surface area (Å²) < 4.78 is 0. The van der Waals surface area contributed by atoms with E-state index in [2.05, 4.69) is 9.89 Å². The first-order chi connectivity index (χ1) is 9.72. The molecule has 4 nitrogen and oxygen atoms in total. The Hall–Kier alpha value is -1.75. The number of thioether (sulfide) groups is 1. The largest absolute Gasteiger partial charge is 0.508 e. The minimum absolute atomic E-state index is 0.163. The molecule has 1 aromatic carbocycles. The average Bonchev–Trinajstić information content (AvgIpc) is 2.84. The zero-order chi connectivity index (χ0) is 13.9. The zero-order valence-electron chi connectivity index (χ0n) is 11.1. The first kappa shape index (κ1) is 13.2. The topological polar surface area (TPSA) is 52.9 Å². The molecule has 0 radical (unpaired) electrons. The number of rotatable bonds is 1. The van der Waals surface area contributed by atoms with Crippen molar-refractivity contribution in [3.8, 4) is 5.75 Å². The molecule has 0 unspecified atom stereocenters. The van der Waals surface area contributed by atoms with E-state index in [-0.39, 0.29) is 11.7 Å². The number of likely N-dealkylation sites (tertiary alicyclic amines) is 1. The second-order valence-electron chi connectivity index (χ2n) is 4.95. The number of hydrogen-bond donors (Lipinski definition) is 1. The van der Waals surface area contributed by atoms with Crippen LogP contribution in [0.5, 0.6) is 5.75 Å². The third-order valence-electron chi connectivity index (χ3n) is 3.43. The summed E-state index contributed by atoms with van der Waals surface area (Å²) in [6, 6.07) is 6.80. The van der Waals surface area contributed by atoms with Crippen molar-refractivity contribution < 1.29 is 9.90 Å². The molecule has 1 amide bonds. The summed E-state index contributed by atoms with van der Waals surface area (Å²) in [6.07, 6.45) is 5.43. The molecule has 0 aliphatic carbocycles. The Labute approximate surface area is 122 Å². The number of aliphatic imine (C=N–C) groups is 1. The lowest BCUT2D eigenvalue weighted by Gasteiger charge is -2.27. The maximum absolute atomic E-state index is 11.9. The van der Waals surface area contributed by atoms with E-state index in [1.54, 1.807) is 24.3 Å². The quantitative estimate of drug-likeness (QED) is 0.807. The number of carbonyl (C=O) groups is 1. The molecule has 1 saturated heterocycles. The van der Waals surface area contributed by atoms with Gasteiger partial charge in [0.05, 0.1) is 4.91 Å². The number of phenols is 1. The molecule has 0 aromatic heterocycles. The Morgan fingerprint density at radius 1 is 1.15 bits per heavy atom. The molecule has 104 valence electrons. The molecule has 1 fully saturated rings. The summed E-state index contributed by atoms with van der Waals surface area (Å²) in [7, 11) is 0. The van der Waals surface area contributed by atoms with E-state index in [0.717, 1.165) is 23.8 Å². The van der Waals surface area contributed by atoms with Crippen LogP contribution in [0.15, 0.2) is 34.2 Å². The fourth-order valence-corrected chi connectivity index (χ4v) is 3.31. The Kier molecular flexibility index (Phi) is 3.78. The smallest absolute Gasteiger partial charge is 0.286 e. The van der Waals surface area contributed by atoms with E-state index in [1.807, 2.05) is 6.08 Å². The molecule has 2 heterocycles. The number of carbonyl (C=O) groups excluding carboxylic acids is 1. The Balaban J connectivity index is 1.74. The monoisotopic (exact) mass is 288 g/mol. The maximum atomic E-state index is 11.9. The second kappa shape index (κ2) is 5.71. The number of amides is 1. The van der Waals surface area contributed by atoms with Crippen molar-refractivity contribution >= 4 is 28.9 Å². The highest BCUT2D eigenvalue weighted by atomic mass is 32.2. The van der Waals surface area contributed by atoms with Crippen LogP contribution in [-0.4, -0.2) is 34.2 Å². The summed E-state index contributed by atoms with van der Waals surface area (Å²) >= 11 is 1.45. The highest BCUT2D eigenvalue weighted by Gasteiger charge is 2.26. The van der Waals surface area contributed by atoms with Crippen molar-refractivity contribution in [3.05, 3.63) is 34.7 Å². The van der Waals surface area contributed by atoms with Gasteiger partial charge < -0.3 is 10.0 Å². The van der Waals surface area contributed by atoms with E-state index >= 15 is 0 Å². The molecule has 1 aromatic rings. The van der Waals surface area contributed by atoms with Crippen molar-refractivity contribution in [2.45, 2.75) is 19.3 Å². The number of phenolic OH excluding ortho intramolecular Hbond substituents is 1. The molecule has 5 heteroatoms. The molecular formula is C15H16N2O2S. The van der Waals surface area contributed by atoms with Gasteiger partial charge in [0.15, 0.2) is 5.17 Å². The highest BCUT2D eigenvalue weighted by molar-refractivity contribution is 8.18. The van der Waals surface area contributed by atoms with Gasteiger partial charge >= 0.3 is 0 Å². The van der Waals surface area contributed by atoms with Gasteiger partial charge in [0.1, 0.15) is 5.75 Å². The fraction of sp³-hybridized carbons (Fsp3) is 0.333. The summed E-state index contributed by atoms with van der Waals surface area (Å²) in [5.74, 6) is 0.0615. The SMILES string of the molecule is O=C1N=C(N2CCCCC2)S/C1=C\c1ccc(O)cc1. The van der Waals surface area contributed by atoms with Gasteiger partial charge in [0.25, 0.3) is 5.91 Å². The van der Waals surface area contributed by atoms with Crippen LogP contribution >= 0.6 is 11.8 Å².